The van der Waals surface area contributed by atoms with Crippen LogP contribution in [0.2, 0.25) is 0 Å². The number of ether oxygens (including phenoxy) is 1. The van der Waals surface area contributed by atoms with Gasteiger partial charge in [0, 0.05) is 25.4 Å². The van der Waals surface area contributed by atoms with Crippen molar-refractivity contribution >= 4 is 11.9 Å². The predicted octanol–water partition coefficient (Wildman–Crippen LogP) is 1.14. The first-order valence-electron chi connectivity index (χ1n) is 4.59. The van der Waals surface area contributed by atoms with Gasteiger partial charge in [-0.15, -0.1) is 0 Å². The minimum atomic E-state index is -0.810. The van der Waals surface area contributed by atoms with Crippen molar-refractivity contribution in [3.05, 3.63) is 24.0 Å². The molecule has 0 saturated heterocycles. The molecule has 5 nitrogen and oxygen atoms in total. The highest BCUT2D eigenvalue weighted by Crippen LogP contribution is 2.04. The zero-order chi connectivity index (χ0) is 11.3. The summed E-state index contributed by atoms with van der Waals surface area (Å²) in [6.07, 6.45) is 4.05. The predicted molar refractivity (Wildman–Crippen MR) is 52.6 cm³/mol. The van der Waals surface area contributed by atoms with E-state index in [1.54, 1.807) is 23.0 Å². The third-order valence-corrected chi connectivity index (χ3v) is 1.98. The number of carbonyl (C=O) groups is 2. The standard InChI is InChI=1S/C10H13NO4/c1-15-10(14)8-4-6-11(7-8)5-2-3-9(12)13/h4,6-7H,2-3,5H2,1H3,(H,12,13). The number of methoxy groups -OCH3 is 1. The second-order valence-electron chi connectivity index (χ2n) is 3.13. The highest BCUT2D eigenvalue weighted by molar-refractivity contribution is 5.89. The van der Waals surface area contributed by atoms with Crippen LogP contribution in [-0.2, 0) is 16.1 Å². The average molecular weight is 211 g/mol. The normalized spacial score (nSPS) is 9.93. The number of carboxylic acid groups (broad SMARTS) is 1. The van der Waals surface area contributed by atoms with E-state index in [1.165, 1.54) is 7.11 Å². The molecule has 0 aliphatic carbocycles. The highest BCUT2D eigenvalue weighted by Gasteiger charge is 2.06. The number of carbonyl (C=O) groups excluding carboxylic acids is 1. The minimum absolute atomic E-state index is 0.131. The molecule has 1 aromatic rings. The number of hydrogen-bond donors (Lipinski definition) is 1. The van der Waals surface area contributed by atoms with Gasteiger partial charge in [-0.05, 0) is 12.5 Å². The monoisotopic (exact) mass is 211 g/mol. The van der Waals surface area contributed by atoms with Crippen molar-refractivity contribution in [2.24, 2.45) is 0 Å². The van der Waals surface area contributed by atoms with E-state index in [-0.39, 0.29) is 12.4 Å². The Hall–Kier alpha value is -1.78. The highest BCUT2D eigenvalue weighted by atomic mass is 16.5. The van der Waals surface area contributed by atoms with Crippen molar-refractivity contribution in [2.75, 3.05) is 7.11 Å². The van der Waals surface area contributed by atoms with E-state index in [1.807, 2.05) is 0 Å². The van der Waals surface area contributed by atoms with Crippen LogP contribution in [-0.4, -0.2) is 28.7 Å². The summed E-state index contributed by atoms with van der Waals surface area (Å²) in [4.78, 5) is 21.3. The Kier molecular flexibility index (Phi) is 3.91. The molecule has 1 aromatic heterocycles. The first kappa shape index (κ1) is 11.3. The van der Waals surface area contributed by atoms with Crippen molar-refractivity contribution < 1.29 is 19.4 Å². The van der Waals surface area contributed by atoms with Gasteiger partial charge in [0.05, 0.1) is 12.7 Å². The topological polar surface area (TPSA) is 68.5 Å². The van der Waals surface area contributed by atoms with Gasteiger partial charge in [0.2, 0.25) is 0 Å². The van der Waals surface area contributed by atoms with E-state index in [9.17, 15) is 9.59 Å². The van der Waals surface area contributed by atoms with Crippen molar-refractivity contribution in [1.29, 1.82) is 0 Å². The van der Waals surface area contributed by atoms with Crippen LogP contribution in [0.25, 0.3) is 0 Å². The number of aromatic nitrogens is 1. The Labute approximate surface area is 87.3 Å². The molecule has 82 valence electrons. The van der Waals surface area contributed by atoms with E-state index in [0.717, 1.165) is 0 Å². The number of carboxylic acids is 1. The first-order chi connectivity index (χ1) is 7.13. The zero-order valence-electron chi connectivity index (χ0n) is 8.47. The Balaban J connectivity index is 2.46. The number of aryl methyl sites for hydroxylation is 1. The van der Waals surface area contributed by atoms with Crippen LogP contribution in [0.4, 0.5) is 0 Å². The van der Waals surface area contributed by atoms with E-state index in [0.29, 0.717) is 18.5 Å². The van der Waals surface area contributed by atoms with Crippen LogP contribution in [0.3, 0.4) is 0 Å². The van der Waals surface area contributed by atoms with Crippen molar-refractivity contribution in [3.63, 3.8) is 0 Å². The summed E-state index contributed by atoms with van der Waals surface area (Å²) in [5, 5.41) is 8.44. The molecule has 15 heavy (non-hydrogen) atoms. The van der Waals surface area contributed by atoms with Crippen LogP contribution in [0, 0.1) is 0 Å². The SMILES string of the molecule is COC(=O)c1ccn(CCCC(=O)O)c1. The molecule has 1 N–H and O–H groups in total. The Morgan fingerprint density at radius 2 is 2.27 bits per heavy atom. The Morgan fingerprint density at radius 3 is 2.87 bits per heavy atom. The van der Waals surface area contributed by atoms with Gasteiger partial charge in [-0.25, -0.2) is 4.79 Å². The van der Waals surface area contributed by atoms with Gasteiger partial charge in [-0.2, -0.15) is 0 Å². The van der Waals surface area contributed by atoms with E-state index in [4.69, 9.17) is 5.11 Å². The summed E-state index contributed by atoms with van der Waals surface area (Å²) in [7, 11) is 1.32. The summed E-state index contributed by atoms with van der Waals surface area (Å²) >= 11 is 0. The quantitative estimate of drug-likeness (QED) is 0.741. The third-order valence-electron chi connectivity index (χ3n) is 1.98. The molecule has 0 amide bonds. The molecule has 0 aromatic carbocycles. The lowest BCUT2D eigenvalue weighted by atomic mass is 10.3. The van der Waals surface area contributed by atoms with Gasteiger partial charge in [-0.1, -0.05) is 0 Å². The molecular weight excluding hydrogens is 198 g/mol. The fourth-order valence-corrected chi connectivity index (χ4v) is 1.23. The summed E-state index contributed by atoms with van der Waals surface area (Å²) < 4.78 is 6.32. The molecule has 1 rings (SSSR count). The van der Waals surface area contributed by atoms with Gasteiger partial charge in [0.15, 0.2) is 0 Å². The molecule has 0 unspecified atom stereocenters. The molecular formula is C10H13NO4. The molecule has 1 heterocycles. The van der Waals surface area contributed by atoms with Crippen molar-refractivity contribution in [2.45, 2.75) is 19.4 Å². The fourth-order valence-electron chi connectivity index (χ4n) is 1.23. The molecule has 0 aliphatic rings. The molecule has 0 bridgehead atoms. The lowest BCUT2D eigenvalue weighted by Crippen LogP contribution is -2.01. The number of nitrogens with zero attached hydrogens (tertiary/aromatic N) is 1. The molecule has 0 fully saturated rings. The summed E-state index contributed by atoms with van der Waals surface area (Å²) in [5.74, 6) is -1.19. The van der Waals surface area contributed by atoms with Crippen LogP contribution >= 0.6 is 0 Å². The lowest BCUT2D eigenvalue weighted by molar-refractivity contribution is -0.137. The van der Waals surface area contributed by atoms with E-state index < -0.39 is 5.97 Å². The van der Waals surface area contributed by atoms with E-state index >= 15 is 0 Å². The van der Waals surface area contributed by atoms with Gasteiger partial charge in [0.1, 0.15) is 0 Å². The third kappa shape index (κ3) is 3.46. The fraction of sp³-hybridized carbons (Fsp3) is 0.400. The molecule has 0 spiro atoms. The summed E-state index contributed by atoms with van der Waals surface area (Å²) in [5.41, 5.74) is 0.479. The van der Waals surface area contributed by atoms with Gasteiger partial charge < -0.3 is 14.4 Å². The van der Waals surface area contributed by atoms with E-state index in [2.05, 4.69) is 4.74 Å². The van der Waals surface area contributed by atoms with Crippen molar-refractivity contribution in [3.8, 4) is 0 Å². The second kappa shape index (κ2) is 5.19. The average Bonchev–Trinajstić information content (AvgIpc) is 2.65. The minimum Gasteiger partial charge on any atom is -0.481 e. The van der Waals surface area contributed by atoms with Crippen LogP contribution in [0.1, 0.15) is 23.2 Å². The zero-order valence-corrected chi connectivity index (χ0v) is 8.47. The smallest absolute Gasteiger partial charge is 0.339 e. The lowest BCUT2D eigenvalue weighted by Gasteiger charge is -1.99. The maximum absolute atomic E-state index is 11.1. The summed E-state index contributed by atoms with van der Waals surface area (Å²) in [6.45, 7) is 0.587. The van der Waals surface area contributed by atoms with Gasteiger partial charge in [0.25, 0.3) is 0 Å². The molecule has 0 atom stereocenters. The molecule has 0 aliphatic heterocycles. The number of aliphatic carboxylic acids is 1. The molecule has 5 heteroatoms. The van der Waals surface area contributed by atoms with Crippen molar-refractivity contribution in [1.82, 2.24) is 4.57 Å². The largest absolute Gasteiger partial charge is 0.481 e. The number of hydrogen-bond acceptors (Lipinski definition) is 3. The van der Waals surface area contributed by atoms with Gasteiger partial charge in [-0.3, -0.25) is 4.79 Å². The Morgan fingerprint density at radius 1 is 1.53 bits per heavy atom. The molecule has 0 radical (unpaired) electrons. The van der Waals surface area contributed by atoms with Gasteiger partial charge >= 0.3 is 11.9 Å². The Bertz CT molecular complexity index is 356. The first-order valence-corrected chi connectivity index (χ1v) is 4.59. The van der Waals surface area contributed by atoms with Crippen LogP contribution in [0.15, 0.2) is 18.5 Å². The summed E-state index contributed by atoms with van der Waals surface area (Å²) in [6, 6.07) is 1.65. The maximum Gasteiger partial charge on any atom is 0.339 e. The number of esters is 1. The van der Waals surface area contributed by atoms with Crippen LogP contribution < -0.4 is 0 Å². The number of rotatable bonds is 5. The maximum atomic E-state index is 11.1. The second-order valence-corrected chi connectivity index (χ2v) is 3.13. The van der Waals surface area contributed by atoms with Crippen LogP contribution in [0.5, 0.6) is 0 Å². The molecule has 0 saturated carbocycles.